The van der Waals surface area contributed by atoms with Crippen molar-refractivity contribution in [1.29, 1.82) is 0 Å². The molecule has 1 atom stereocenters. The SMILES string of the molecule is C=CCCC(NC(=O)c1cnn2ccc(C)nc12)C(=O)O. The summed E-state index contributed by atoms with van der Waals surface area (Å²) in [6.07, 6.45) is 5.48. The van der Waals surface area contributed by atoms with Crippen molar-refractivity contribution in [3.05, 3.63) is 42.4 Å². The summed E-state index contributed by atoms with van der Waals surface area (Å²) in [6.45, 7) is 5.35. The van der Waals surface area contributed by atoms with Gasteiger partial charge in [-0.25, -0.2) is 14.3 Å². The van der Waals surface area contributed by atoms with Gasteiger partial charge in [0.25, 0.3) is 5.91 Å². The second-order valence-electron chi connectivity index (χ2n) is 4.63. The zero-order valence-corrected chi connectivity index (χ0v) is 11.6. The molecule has 0 bridgehead atoms. The van der Waals surface area contributed by atoms with E-state index in [4.69, 9.17) is 5.11 Å². The fourth-order valence-corrected chi connectivity index (χ4v) is 1.90. The lowest BCUT2D eigenvalue weighted by Crippen LogP contribution is -2.40. The molecule has 1 unspecified atom stereocenters. The summed E-state index contributed by atoms with van der Waals surface area (Å²) >= 11 is 0. The molecule has 0 fully saturated rings. The number of hydrogen-bond donors (Lipinski definition) is 2. The van der Waals surface area contributed by atoms with E-state index in [0.29, 0.717) is 12.1 Å². The second kappa shape index (κ2) is 6.17. The maximum absolute atomic E-state index is 12.2. The van der Waals surface area contributed by atoms with Crippen LogP contribution in [0.25, 0.3) is 5.65 Å². The van der Waals surface area contributed by atoms with E-state index in [0.717, 1.165) is 5.69 Å². The van der Waals surface area contributed by atoms with E-state index in [1.165, 1.54) is 10.7 Å². The molecule has 0 spiro atoms. The van der Waals surface area contributed by atoms with Crippen molar-refractivity contribution in [3.8, 4) is 0 Å². The standard InChI is InChI=1S/C14H16N4O3/c1-3-4-5-11(14(20)21)17-13(19)10-8-15-18-7-6-9(2)16-12(10)18/h3,6-8,11H,1,4-5H2,2H3,(H,17,19)(H,20,21). The van der Waals surface area contributed by atoms with Crippen LogP contribution >= 0.6 is 0 Å². The van der Waals surface area contributed by atoms with Crippen molar-refractivity contribution in [2.75, 3.05) is 0 Å². The van der Waals surface area contributed by atoms with Crippen LogP contribution in [0, 0.1) is 6.92 Å². The Kier molecular flexibility index (Phi) is 4.32. The number of nitrogens with zero attached hydrogens (tertiary/aromatic N) is 3. The molecule has 2 heterocycles. The number of carbonyl (C=O) groups excluding carboxylic acids is 1. The first-order chi connectivity index (χ1) is 10.0. The molecular formula is C14H16N4O3. The van der Waals surface area contributed by atoms with Gasteiger partial charge in [0.2, 0.25) is 0 Å². The molecule has 0 saturated heterocycles. The minimum Gasteiger partial charge on any atom is -0.480 e. The van der Waals surface area contributed by atoms with Crippen molar-refractivity contribution in [2.24, 2.45) is 0 Å². The van der Waals surface area contributed by atoms with Crippen molar-refractivity contribution in [1.82, 2.24) is 19.9 Å². The zero-order chi connectivity index (χ0) is 15.4. The third-order valence-electron chi connectivity index (χ3n) is 3.02. The predicted octanol–water partition coefficient (Wildman–Crippen LogP) is 1.19. The van der Waals surface area contributed by atoms with Crippen LogP contribution in [0.15, 0.2) is 31.1 Å². The number of carbonyl (C=O) groups is 2. The van der Waals surface area contributed by atoms with Gasteiger partial charge in [-0.1, -0.05) is 6.08 Å². The monoisotopic (exact) mass is 288 g/mol. The number of carboxylic acid groups (broad SMARTS) is 1. The van der Waals surface area contributed by atoms with E-state index in [2.05, 4.69) is 22.0 Å². The van der Waals surface area contributed by atoms with Gasteiger partial charge in [0.1, 0.15) is 11.6 Å². The van der Waals surface area contributed by atoms with Crippen molar-refractivity contribution in [2.45, 2.75) is 25.8 Å². The predicted molar refractivity (Wildman–Crippen MR) is 76.0 cm³/mol. The van der Waals surface area contributed by atoms with Crippen LogP contribution in [0.4, 0.5) is 0 Å². The highest BCUT2D eigenvalue weighted by Crippen LogP contribution is 2.09. The number of aliphatic carboxylic acids is 1. The number of amides is 1. The van der Waals surface area contributed by atoms with Gasteiger partial charge in [-0.3, -0.25) is 4.79 Å². The third kappa shape index (κ3) is 3.25. The van der Waals surface area contributed by atoms with Gasteiger partial charge in [0.05, 0.1) is 6.20 Å². The molecule has 7 heteroatoms. The lowest BCUT2D eigenvalue weighted by atomic mass is 10.1. The van der Waals surface area contributed by atoms with Crippen molar-refractivity contribution in [3.63, 3.8) is 0 Å². The summed E-state index contributed by atoms with van der Waals surface area (Å²) in [5.74, 6) is -1.58. The van der Waals surface area contributed by atoms with Crippen LogP contribution < -0.4 is 5.32 Å². The molecule has 110 valence electrons. The number of nitrogens with one attached hydrogen (secondary N) is 1. The number of fused-ring (bicyclic) bond motifs is 1. The highest BCUT2D eigenvalue weighted by atomic mass is 16.4. The lowest BCUT2D eigenvalue weighted by molar-refractivity contribution is -0.139. The van der Waals surface area contributed by atoms with Crippen LogP contribution in [0.2, 0.25) is 0 Å². The second-order valence-corrected chi connectivity index (χ2v) is 4.63. The maximum atomic E-state index is 12.2. The number of hydrogen-bond acceptors (Lipinski definition) is 4. The van der Waals surface area contributed by atoms with E-state index in [-0.39, 0.29) is 12.0 Å². The van der Waals surface area contributed by atoms with E-state index in [1.54, 1.807) is 25.3 Å². The minimum absolute atomic E-state index is 0.253. The molecule has 0 aromatic carbocycles. The molecule has 2 aromatic rings. The summed E-state index contributed by atoms with van der Waals surface area (Å²) in [5.41, 5.74) is 1.41. The van der Waals surface area contributed by atoms with Gasteiger partial charge < -0.3 is 10.4 Å². The largest absolute Gasteiger partial charge is 0.480 e. The average Bonchev–Trinajstić information content (AvgIpc) is 2.85. The average molecular weight is 288 g/mol. The van der Waals surface area contributed by atoms with E-state index in [1.807, 2.05) is 0 Å². The summed E-state index contributed by atoms with van der Waals surface area (Å²) in [6, 6.07) is 0.807. The van der Waals surface area contributed by atoms with E-state index < -0.39 is 17.9 Å². The molecule has 21 heavy (non-hydrogen) atoms. The highest BCUT2D eigenvalue weighted by Gasteiger charge is 2.22. The Balaban J connectivity index is 2.23. The van der Waals surface area contributed by atoms with Gasteiger partial charge in [0, 0.05) is 11.9 Å². The molecule has 0 aliphatic carbocycles. The van der Waals surface area contributed by atoms with E-state index >= 15 is 0 Å². The Bertz CT molecular complexity index is 693. The van der Waals surface area contributed by atoms with Gasteiger partial charge >= 0.3 is 5.97 Å². The Hall–Kier alpha value is -2.70. The Morgan fingerprint density at radius 1 is 1.57 bits per heavy atom. The van der Waals surface area contributed by atoms with Gasteiger partial charge in [-0.05, 0) is 25.8 Å². The van der Waals surface area contributed by atoms with Crippen LogP contribution in [0.3, 0.4) is 0 Å². The number of aryl methyl sites for hydroxylation is 1. The van der Waals surface area contributed by atoms with Gasteiger partial charge in [-0.2, -0.15) is 5.10 Å². The molecule has 0 saturated carbocycles. The first-order valence-corrected chi connectivity index (χ1v) is 6.48. The third-order valence-corrected chi connectivity index (χ3v) is 3.02. The van der Waals surface area contributed by atoms with Crippen LogP contribution in [-0.4, -0.2) is 37.6 Å². The quantitative estimate of drug-likeness (QED) is 0.778. The number of allylic oxidation sites excluding steroid dienone is 1. The molecule has 0 radical (unpaired) electrons. The van der Waals surface area contributed by atoms with Crippen LogP contribution in [-0.2, 0) is 4.79 Å². The summed E-state index contributed by atoms with van der Waals surface area (Å²) in [5, 5.41) is 15.6. The zero-order valence-electron chi connectivity index (χ0n) is 11.6. The molecule has 2 aromatic heterocycles. The first-order valence-electron chi connectivity index (χ1n) is 6.48. The van der Waals surface area contributed by atoms with Crippen LogP contribution in [0.1, 0.15) is 28.9 Å². The fraction of sp³-hybridized carbons (Fsp3) is 0.286. The topological polar surface area (TPSA) is 96.6 Å². The highest BCUT2D eigenvalue weighted by molar-refractivity contribution is 6.01. The number of carboxylic acids is 1. The Labute approximate surface area is 121 Å². The minimum atomic E-state index is -1.08. The molecule has 0 aliphatic rings. The summed E-state index contributed by atoms with van der Waals surface area (Å²) < 4.78 is 1.47. The maximum Gasteiger partial charge on any atom is 0.326 e. The molecule has 1 amide bonds. The van der Waals surface area contributed by atoms with Crippen molar-refractivity contribution < 1.29 is 14.7 Å². The number of aromatic nitrogens is 3. The molecule has 2 rings (SSSR count). The Morgan fingerprint density at radius 2 is 2.33 bits per heavy atom. The van der Waals surface area contributed by atoms with Gasteiger partial charge in [0.15, 0.2) is 5.65 Å². The summed E-state index contributed by atoms with van der Waals surface area (Å²) in [7, 11) is 0. The Morgan fingerprint density at radius 3 is 3.00 bits per heavy atom. The first kappa shape index (κ1) is 14.7. The lowest BCUT2D eigenvalue weighted by Gasteiger charge is -2.12. The molecular weight excluding hydrogens is 272 g/mol. The van der Waals surface area contributed by atoms with Crippen molar-refractivity contribution >= 4 is 17.5 Å². The molecule has 2 N–H and O–H groups in total. The van der Waals surface area contributed by atoms with Gasteiger partial charge in [-0.15, -0.1) is 6.58 Å². The van der Waals surface area contributed by atoms with Crippen LogP contribution in [0.5, 0.6) is 0 Å². The fourth-order valence-electron chi connectivity index (χ4n) is 1.90. The summed E-state index contributed by atoms with van der Waals surface area (Å²) in [4.78, 5) is 27.6. The smallest absolute Gasteiger partial charge is 0.326 e. The molecule has 7 nitrogen and oxygen atoms in total. The number of rotatable bonds is 6. The van der Waals surface area contributed by atoms with E-state index in [9.17, 15) is 9.59 Å². The molecule has 0 aliphatic heterocycles. The normalized spacial score (nSPS) is 12.0.